The number of ketones is 1. The smallest absolute Gasteiger partial charge is 0.295 e. The van der Waals surface area contributed by atoms with Gasteiger partial charge in [-0.3, -0.25) is 9.59 Å². The third-order valence-corrected chi connectivity index (χ3v) is 6.65. The molecular weight excluding hydrogens is 420 g/mol. The Bertz CT molecular complexity index is 1120. The molecule has 2 aromatic rings. The van der Waals surface area contributed by atoms with E-state index in [9.17, 15) is 14.7 Å². The molecule has 2 atom stereocenters. The molecule has 0 bridgehead atoms. The molecule has 1 amide bonds. The molecule has 0 aliphatic carbocycles. The molecule has 2 saturated heterocycles. The van der Waals surface area contributed by atoms with Crippen LogP contribution >= 0.6 is 0 Å². The Balaban J connectivity index is 1.59. The third-order valence-electron chi connectivity index (χ3n) is 6.65. The number of rotatable bonds is 5. The molecule has 33 heavy (non-hydrogen) atoms. The van der Waals surface area contributed by atoms with Gasteiger partial charge >= 0.3 is 0 Å². The number of anilines is 1. The van der Waals surface area contributed by atoms with E-state index in [2.05, 4.69) is 0 Å². The van der Waals surface area contributed by atoms with Crippen LogP contribution in [0.1, 0.15) is 35.6 Å². The van der Waals surface area contributed by atoms with Crippen molar-refractivity contribution in [3.8, 4) is 5.75 Å². The molecule has 0 saturated carbocycles. The lowest BCUT2D eigenvalue weighted by Crippen LogP contribution is -2.36. The fraction of sp³-hybridized carbons (Fsp3) is 0.385. The second-order valence-corrected chi connectivity index (χ2v) is 8.99. The summed E-state index contributed by atoms with van der Waals surface area (Å²) in [6.45, 7) is 1.58. The molecule has 0 spiro atoms. The lowest BCUT2D eigenvalue weighted by atomic mass is 9.94. The van der Waals surface area contributed by atoms with Gasteiger partial charge in [-0.05, 0) is 54.3 Å². The number of likely N-dealkylation sites (tertiary alicyclic amines) is 1. The predicted molar refractivity (Wildman–Crippen MR) is 124 cm³/mol. The Morgan fingerprint density at radius 3 is 2.61 bits per heavy atom. The number of fused-ring (bicyclic) bond motifs is 1. The van der Waals surface area contributed by atoms with Gasteiger partial charge in [0, 0.05) is 44.9 Å². The summed E-state index contributed by atoms with van der Waals surface area (Å²) in [5, 5.41) is 11.3. The van der Waals surface area contributed by atoms with Crippen molar-refractivity contribution < 1.29 is 24.2 Å². The highest BCUT2D eigenvalue weighted by Crippen LogP contribution is 2.41. The van der Waals surface area contributed by atoms with E-state index in [0.717, 1.165) is 41.8 Å². The Morgan fingerprint density at radius 2 is 1.91 bits per heavy atom. The van der Waals surface area contributed by atoms with Crippen LogP contribution in [0.4, 0.5) is 5.69 Å². The molecule has 1 N–H and O–H groups in total. The molecule has 7 heteroatoms. The van der Waals surface area contributed by atoms with Crippen LogP contribution in [-0.2, 0) is 20.7 Å². The first-order valence-electron chi connectivity index (χ1n) is 11.4. The zero-order valence-corrected chi connectivity index (χ0v) is 18.9. The second kappa shape index (κ2) is 8.56. The number of Topliss-reactive ketones (excluding diaryl/α,β-unsaturated/α-hetero) is 1. The van der Waals surface area contributed by atoms with Crippen LogP contribution < -0.4 is 9.64 Å². The first-order valence-corrected chi connectivity index (χ1v) is 11.4. The predicted octanol–water partition coefficient (Wildman–Crippen LogP) is 3.29. The summed E-state index contributed by atoms with van der Waals surface area (Å²) in [5.41, 5.74) is 3.41. The second-order valence-electron chi connectivity index (χ2n) is 8.99. The Hall–Kier alpha value is -3.32. The molecule has 7 nitrogen and oxygen atoms in total. The summed E-state index contributed by atoms with van der Waals surface area (Å²) >= 11 is 0. The van der Waals surface area contributed by atoms with E-state index in [0.29, 0.717) is 25.3 Å². The topological polar surface area (TPSA) is 79.3 Å². The number of carbonyl (C=O) groups excluding carboxylic acids is 2. The summed E-state index contributed by atoms with van der Waals surface area (Å²) in [4.78, 5) is 29.9. The summed E-state index contributed by atoms with van der Waals surface area (Å²) in [7, 11) is 3.91. The average molecular weight is 449 g/mol. The van der Waals surface area contributed by atoms with E-state index in [1.54, 1.807) is 17.0 Å². The van der Waals surface area contributed by atoms with Crippen molar-refractivity contribution in [1.29, 1.82) is 0 Å². The number of hydrogen-bond donors (Lipinski definition) is 1. The largest absolute Gasteiger partial charge is 0.507 e. The van der Waals surface area contributed by atoms with Gasteiger partial charge < -0.3 is 24.4 Å². The van der Waals surface area contributed by atoms with Crippen LogP contribution in [-0.4, -0.2) is 61.7 Å². The molecule has 2 fully saturated rings. The van der Waals surface area contributed by atoms with E-state index in [4.69, 9.17) is 9.47 Å². The van der Waals surface area contributed by atoms with E-state index in [1.165, 1.54) is 0 Å². The van der Waals surface area contributed by atoms with E-state index in [1.807, 2.05) is 49.3 Å². The van der Waals surface area contributed by atoms with Gasteiger partial charge in [0.25, 0.3) is 11.7 Å². The normalized spacial score (nSPS) is 23.6. The molecule has 0 radical (unpaired) electrons. The van der Waals surface area contributed by atoms with E-state index >= 15 is 0 Å². The highest BCUT2D eigenvalue weighted by Gasteiger charge is 2.47. The number of amides is 1. The molecule has 3 heterocycles. The number of benzene rings is 2. The van der Waals surface area contributed by atoms with Gasteiger partial charge in [0.1, 0.15) is 11.5 Å². The number of hydrogen-bond acceptors (Lipinski definition) is 6. The fourth-order valence-electron chi connectivity index (χ4n) is 4.87. The van der Waals surface area contributed by atoms with Crippen molar-refractivity contribution in [2.45, 2.75) is 31.4 Å². The highest BCUT2D eigenvalue weighted by molar-refractivity contribution is 6.46. The molecule has 2 unspecified atom stereocenters. The maximum atomic E-state index is 13.2. The van der Waals surface area contributed by atoms with Gasteiger partial charge in [-0.25, -0.2) is 0 Å². The van der Waals surface area contributed by atoms with Gasteiger partial charge in [-0.15, -0.1) is 0 Å². The zero-order chi connectivity index (χ0) is 23.1. The van der Waals surface area contributed by atoms with Crippen molar-refractivity contribution in [3.63, 3.8) is 0 Å². The summed E-state index contributed by atoms with van der Waals surface area (Å²) in [6.07, 6.45) is 2.43. The van der Waals surface area contributed by atoms with Crippen LogP contribution in [0, 0.1) is 0 Å². The van der Waals surface area contributed by atoms with Crippen molar-refractivity contribution in [2.24, 2.45) is 0 Å². The average Bonchev–Trinajstić information content (AvgIpc) is 3.55. The van der Waals surface area contributed by atoms with E-state index in [-0.39, 0.29) is 17.4 Å². The van der Waals surface area contributed by atoms with Crippen molar-refractivity contribution in [2.75, 3.05) is 38.8 Å². The Kier molecular flexibility index (Phi) is 5.58. The number of ether oxygens (including phenoxy) is 2. The Morgan fingerprint density at radius 1 is 1.12 bits per heavy atom. The highest BCUT2D eigenvalue weighted by atomic mass is 16.5. The molecular formula is C26H28N2O5. The molecule has 0 aromatic heterocycles. The lowest BCUT2D eigenvalue weighted by molar-refractivity contribution is -0.140. The quantitative estimate of drug-likeness (QED) is 0.430. The first kappa shape index (κ1) is 21.5. The van der Waals surface area contributed by atoms with Gasteiger partial charge in [-0.2, -0.15) is 0 Å². The zero-order valence-electron chi connectivity index (χ0n) is 18.9. The van der Waals surface area contributed by atoms with Crippen LogP contribution in [0.2, 0.25) is 0 Å². The summed E-state index contributed by atoms with van der Waals surface area (Å²) in [6, 6.07) is 12.4. The molecule has 172 valence electrons. The lowest BCUT2D eigenvalue weighted by Gasteiger charge is -2.28. The standard InChI is InChI=1S/C26H28N2O5/c1-27(2)19-8-5-16(6-9-19)23-22(24(29)18-7-10-21-17(14-18)11-13-33-21)25(30)26(31)28(23)15-20-4-3-12-32-20/h5-10,14,20,23,29H,3-4,11-13,15H2,1-2H3/b24-22-. The van der Waals surface area contributed by atoms with E-state index < -0.39 is 17.7 Å². The van der Waals surface area contributed by atoms with Crippen LogP contribution in [0.25, 0.3) is 5.76 Å². The van der Waals surface area contributed by atoms with Crippen molar-refractivity contribution >= 4 is 23.1 Å². The van der Waals surface area contributed by atoms with Crippen LogP contribution in [0.3, 0.4) is 0 Å². The number of aliphatic hydroxyl groups is 1. The van der Waals surface area contributed by atoms with Gasteiger partial charge in [-0.1, -0.05) is 12.1 Å². The Labute approximate surface area is 193 Å². The first-order chi connectivity index (χ1) is 15.9. The maximum Gasteiger partial charge on any atom is 0.295 e. The van der Waals surface area contributed by atoms with Crippen LogP contribution in [0.5, 0.6) is 5.75 Å². The number of aliphatic hydroxyl groups excluding tert-OH is 1. The molecule has 3 aliphatic rings. The minimum absolute atomic E-state index is 0.107. The molecule has 2 aromatic carbocycles. The number of nitrogens with zero attached hydrogens (tertiary/aromatic N) is 2. The van der Waals surface area contributed by atoms with Crippen molar-refractivity contribution in [1.82, 2.24) is 4.90 Å². The minimum atomic E-state index is -0.671. The maximum absolute atomic E-state index is 13.2. The monoisotopic (exact) mass is 448 g/mol. The minimum Gasteiger partial charge on any atom is -0.507 e. The van der Waals surface area contributed by atoms with Crippen LogP contribution in [0.15, 0.2) is 48.0 Å². The van der Waals surface area contributed by atoms with Gasteiger partial charge in [0.2, 0.25) is 0 Å². The SMILES string of the molecule is CN(C)c1ccc(C2/C(=C(/O)c3ccc4c(c3)CCO4)C(=O)C(=O)N2CC2CCCO2)cc1. The summed E-state index contributed by atoms with van der Waals surface area (Å²) < 4.78 is 11.3. The third kappa shape index (κ3) is 3.86. The fourth-order valence-corrected chi connectivity index (χ4v) is 4.87. The van der Waals surface area contributed by atoms with Crippen molar-refractivity contribution in [3.05, 3.63) is 64.7 Å². The molecule has 5 rings (SSSR count). The molecule has 3 aliphatic heterocycles. The van der Waals surface area contributed by atoms with Gasteiger partial charge in [0.05, 0.1) is 24.3 Å². The number of carbonyl (C=O) groups is 2. The van der Waals surface area contributed by atoms with Gasteiger partial charge in [0.15, 0.2) is 0 Å². The summed E-state index contributed by atoms with van der Waals surface area (Å²) in [5.74, 6) is -0.622.